The molecule has 4 aromatic rings. The third kappa shape index (κ3) is 6.19. The van der Waals surface area contributed by atoms with E-state index >= 15 is 0 Å². The van der Waals surface area contributed by atoms with Crippen LogP contribution in [0.1, 0.15) is 53.4 Å². The Labute approximate surface area is 218 Å². The molecular formula is C32H30N2O3. The van der Waals surface area contributed by atoms with E-state index in [4.69, 9.17) is 4.84 Å². The van der Waals surface area contributed by atoms with Crippen LogP contribution in [0.3, 0.4) is 0 Å². The molecule has 5 heteroatoms. The van der Waals surface area contributed by atoms with Crippen molar-refractivity contribution in [3.63, 3.8) is 0 Å². The summed E-state index contributed by atoms with van der Waals surface area (Å²) in [5.41, 5.74) is 7.99. The highest BCUT2D eigenvalue weighted by Gasteiger charge is 2.15. The van der Waals surface area contributed by atoms with Crippen molar-refractivity contribution >= 4 is 34.5 Å². The van der Waals surface area contributed by atoms with Crippen molar-refractivity contribution in [1.82, 2.24) is 0 Å². The second-order valence-electron chi connectivity index (χ2n) is 8.91. The van der Waals surface area contributed by atoms with Gasteiger partial charge in [-0.25, -0.2) is 4.79 Å². The Morgan fingerprint density at radius 3 is 1.78 bits per heavy atom. The van der Waals surface area contributed by atoms with Crippen LogP contribution in [0.15, 0.2) is 102 Å². The molecule has 0 heterocycles. The maximum absolute atomic E-state index is 13.0. The van der Waals surface area contributed by atoms with E-state index in [1.165, 1.54) is 12.5 Å². The molecule has 0 N–H and O–H groups in total. The first kappa shape index (κ1) is 25.6. The van der Waals surface area contributed by atoms with E-state index in [-0.39, 0.29) is 5.78 Å². The minimum Gasteiger partial charge on any atom is -0.318 e. The van der Waals surface area contributed by atoms with E-state index in [0.717, 1.165) is 34.6 Å². The van der Waals surface area contributed by atoms with Gasteiger partial charge in [-0.05, 0) is 86.0 Å². The van der Waals surface area contributed by atoms with Crippen LogP contribution in [0.4, 0.5) is 17.1 Å². The molecule has 0 saturated heterocycles. The first-order chi connectivity index (χ1) is 17.9. The summed E-state index contributed by atoms with van der Waals surface area (Å²) in [6.45, 7) is 7.23. The molecule has 0 atom stereocenters. The molecule has 0 aliphatic carbocycles. The molecule has 0 saturated carbocycles. The predicted molar refractivity (Wildman–Crippen MR) is 149 cm³/mol. The molecule has 4 rings (SSSR count). The molecule has 0 bridgehead atoms. The average Bonchev–Trinajstić information content (AvgIpc) is 2.92. The zero-order valence-electron chi connectivity index (χ0n) is 21.6. The zero-order valence-corrected chi connectivity index (χ0v) is 21.6. The molecule has 0 fully saturated rings. The lowest BCUT2D eigenvalue weighted by Crippen LogP contribution is -2.11. The van der Waals surface area contributed by atoms with E-state index in [1.54, 1.807) is 6.92 Å². The summed E-state index contributed by atoms with van der Waals surface area (Å²) in [6.07, 6.45) is 0.964. The van der Waals surface area contributed by atoms with Gasteiger partial charge in [0, 0.05) is 35.1 Å². The summed E-state index contributed by atoms with van der Waals surface area (Å²) in [5.74, 6) is -0.456. The fourth-order valence-corrected chi connectivity index (χ4v) is 4.08. The van der Waals surface area contributed by atoms with Crippen molar-refractivity contribution in [3.8, 4) is 0 Å². The van der Waals surface area contributed by atoms with Gasteiger partial charge >= 0.3 is 5.97 Å². The maximum atomic E-state index is 13.0. The van der Waals surface area contributed by atoms with Crippen LogP contribution in [0.5, 0.6) is 0 Å². The van der Waals surface area contributed by atoms with E-state index in [9.17, 15) is 9.59 Å². The standard InChI is InChI=1S/C32H30N2O3/c1-5-25-9-15-29(16-10-25)34(30-17-11-26(12-18-30)23(3)33-37-24(4)35)31-19-13-27(14-20-31)32(36)28-8-6-7-22(2)21-28/h6-21H,5H2,1-4H3. The van der Waals surface area contributed by atoms with Crippen molar-refractivity contribution in [1.29, 1.82) is 0 Å². The van der Waals surface area contributed by atoms with E-state index < -0.39 is 5.97 Å². The lowest BCUT2D eigenvalue weighted by atomic mass is 10.0. The highest BCUT2D eigenvalue weighted by atomic mass is 16.7. The zero-order chi connectivity index (χ0) is 26.4. The minimum absolute atomic E-state index is 0.000920. The average molecular weight is 491 g/mol. The van der Waals surface area contributed by atoms with Gasteiger partial charge in [-0.2, -0.15) is 0 Å². The van der Waals surface area contributed by atoms with Crippen LogP contribution in [-0.4, -0.2) is 17.5 Å². The molecule has 0 aliphatic rings. The molecule has 0 unspecified atom stereocenters. The molecule has 0 aliphatic heterocycles. The van der Waals surface area contributed by atoms with Gasteiger partial charge in [0.2, 0.25) is 0 Å². The number of carbonyl (C=O) groups is 2. The molecule has 0 spiro atoms. The SMILES string of the molecule is CCc1ccc(N(c2ccc(C(=O)c3cccc(C)c3)cc2)c2ccc(C(C)=NOC(C)=O)cc2)cc1. The Bertz CT molecular complexity index is 1420. The third-order valence-electron chi connectivity index (χ3n) is 6.13. The van der Waals surface area contributed by atoms with Crippen molar-refractivity contribution in [3.05, 3.63) is 125 Å². The van der Waals surface area contributed by atoms with Crippen molar-refractivity contribution in [2.75, 3.05) is 4.90 Å². The van der Waals surface area contributed by atoms with Gasteiger partial charge < -0.3 is 9.74 Å². The minimum atomic E-state index is -0.456. The number of hydrogen-bond donors (Lipinski definition) is 0. The molecule has 37 heavy (non-hydrogen) atoms. The number of aryl methyl sites for hydroxylation is 2. The summed E-state index contributed by atoms with van der Waals surface area (Å²) < 4.78 is 0. The number of rotatable bonds is 8. The summed E-state index contributed by atoms with van der Waals surface area (Å²) in [5, 5.41) is 3.88. The first-order valence-corrected chi connectivity index (χ1v) is 12.3. The summed E-state index contributed by atoms with van der Waals surface area (Å²) in [6, 6.07) is 31.7. The van der Waals surface area contributed by atoms with Crippen LogP contribution < -0.4 is 4.90 Å². The highest BCUT2D eigenvalue weighted by Crippen LogP contribution is 2.35. The van der Waals surface area contributed by atoms with Crippen LogP contribution in [-0.2, 0) is 16.1 Å². The second-order valence-corrected chi connectivity index (χ2v) is 8.91. The Morgan fingerprint density at radius 2 is 1.27 bits per heavy atom. The fourth-order valence-electron chi connectivity index (χ4n) is 4.08. The molecule has 0 aromatic heterocycles. The van der Waals surface area contributed by atoms with E-state index in [2.05, 4.69) is 41.2 Å². The van der Waals surface area contributed by atoms with Crippen molar-refractivity contribution in [2.45, 2.75) is 34.1 Å². The number of carbonyl (C=O) groups excluding carboxylic acids is 2. The number of benzene rings is 4. The topological polar surface area (TPSA) is 59.0 Å². The van der Waals surface area contributed by atoms with Gasteiger partial charge in [0.1, 0.15) is 0 Å². The van der Waals surface area contributed by atoms with Gasteiger partial charge in [-0.15, -0.1) is 0 Å². The maximum Gasteiger partial charge on any atom is 0.331 e. The smallest absolute Gasteiger partial charge is 0.318 e. The molecule has 0 radical (unpaired) electrons. The lowest BCUT2D eigenvalue weighted by Gasteiger charge is -2.26. The number of nitrogens with zero attached hydrogens (tertiary/aromatic N) is 2. The highest BCUT2D eigenvalue weighted by molar-refractivity contribution is 6.09. The monoisotopic (exact) mass is 490 g/mol. The number of ketones is 1. The van der Waals surface area contributed by atoms with Crippen molar-refractivity contribution in [2.24, 2.45) is 5.16 Å². The van der Waals surface area contributed by atoms with Gasteiger partial charge in [0.05, 0.1) is 5.71 Å². The number of hydrogen-bond acceptors (Lipinski definition) is 5. The quantitative estimate of drug-likeness (QED) is 0.111. The van der Waals surface area contributed by atoms with Crippen LogP contribution in [0, 0.1) is 6.92 Å². The van der Waals surface area contributed by atoms with Gasteiger partial charge in [0.15, 0.2) is 5.78 Å². The Hall–Kier alpha value is -4.51. The largest absolute Gasteiger partial charge is 0.331 e. The van der Waals surface area contributed by atoms with E-state index in [0.29, 0.717) is 16.8 Å². The van der Waals surface area contributed by atoms with Crippen LogP contribution in [0.25, 0.3) is 0 Å². The molecule has 4 aromatic carbocycles. The lowest BCUT2D eigenvalue weighted by molar-refractivity contribution is -0.140. The summed E-state index contributed by atoms with van der Waals surface area (Å²) in [4.78, 5) is 31.0. The van der Waals surface area contributed by atoms with Gasteiger partial charge in [-0.1, -0.05) is 60.1 Å². The Balaban J connectivity index is 1.68. The third-order valence-corrected chi connectivity index (χ3v) is 6.13. The molecular weight excluding hydrogens is 460 g/mol. The van der Waals surface area contributed by atoms with E-state index in [1.807, 2.05) is 79.7 Å². The number of anilines is 3. The fraction of sp³-hybridized carbons (Fsp3) is 0.156. The number of oxime groups is 1. The molecule has 5 nitrogen and oxygen atoms in total. The van der Waals surface area contributed by atoms with Gasteiger partial charge in [-0.3, -0.25) is 4.79 Å². The van der Waals surface area contributed by atoms with Crippen LogP contribution in [0.2, 0.25) is 0 Å². The van der Waals surface area contributed by atoms with Crippen LogP contribution >= 0.6 is 0 Å². The second kappa shape index (κ2) is 11.5. The first-order valence-electron chi connectivity index (χ1n) is 12.3. The van der Waals surface area contributed by atoms with Crippen molar-refractivity contribution < 1.29 is 14.4 Å². The molecule has 0 amide bonds. The Morgan fingerprint density at radius 1 is 0.730 bits per heavy atom. The predicted octanol–water partition coefficient (Wildman–Crippen LogP) is 7.55. The molecule has 186 valence electrons. The van der Waals surface area contributed by atoms with Gasteiger partial charge in [0.25, 0.3) is 0 Å². The summed E-state index contributed by atoms with van der Waals surface area (Å²) >= 11 is 0. The Kier molecular flexibility index (Phi) is 7.94. The normalized spacial score (nSPS) is 11.2. The summed E-state index contributed by atoms with van der Waals surface area (Å²) in [7, 11) is 0.